The van der Waals surface area contributed by atoms with Gasteiger partial charge in [0.2, 0.25) is 5.91 Å². The number of nitrogens with one attached hydrogen (secondary N) is 1. The van der Waals surface area contributed by atoms with Crippen LogP contribution in [0.1, 0.15) is 44.2 Å². The van der Waals surface area contributed by atoms with Gasteiger partial charge in [0.05, 0.1) is 6.04 Å². The monoisotopic (exact) mass is 332 g/mol. The van der Waals surface area contributed by atoms with Crippen LogP contribution in [-0.4, -0.2) is 53.9 Å². The number of rotatable bonds is 5. The lowest BCUT2D eigenvalue weighted by Crippen LogP contribution is -2.46. The zero-order chi connectivity index (χ0) is 17.5. The summed E-state index contributed by atoms with van der Waals surface area (Å²) in [6.45, 7) is 3.48. The van der Waals surface area contributed by atoms with Gasteiger partial charge in [0, 0.05) is 46.0 Å². The highest BCUT2D eigenvalue weighted by Crippen LogP contribution is 2.22. The van der Waals surface area contributed by atoms with Crippen molar-refractivity contribution in [3.05, 3.63) is 30.1 Å². The Hall–Kier alpha value is -2.11. The third kappa shape index (κ3) is 4.94. The van der Waals surface area contributed by atoms with E-state index in [1.807, 2.05) is 17.0 Å². The van der Waals surface area contributed by atoms with Crippen molar-refractivity contribution in [3.8, 4) is 0 Å². The first-order valence-electron chi connectivity index (χ1n) is 8.66. The number of urea groups is 1. The van der Waals surface area contributed by atoms with E-state index in [1.165, 1.54) is 0 Å². The smallest absolute Gasteiger partial charge is 0.317 e. The molecule has 1 fully saturated rings. The molecule has 2 heterocycles. The molecule has 1 N–H and O–H groups in total. The lowest BCUT2D eigenvalue weighted by Gasteiger charge is -2.33. The van der Waals surface area contributed by atoms with Gasteiger partial charge < -0.3 is 15.1 Å². The van der Waals surface area contributed by atoms with E-state index in [-0.39, 0.29) is 18.0 Å². The fourth-order valence-corrected chi connectivity index (χ4v) is 3.03. The van der Waals surface area contributed by atoms with Crippen molar-refractivity contribution in [1.82, 2.24) is 20.1 Å². The van der Waals surface area contributed by atoms with E-state index in [4.69, 9.17) is 0 Å². The van der Waals surface area contributed by atoms with E-state index < -0.39 is 0 Å². The molecule has 24 heavy (non-hydrogen) atoms. The lowest BCUT2D eigenvalue weighted by molar-refractivity contribution is -0.129. The highest BCUT2D eigenvalue weighted by Gasteiger charge is 2.26. The van der Waals surface area contributed by atoms with Gasteiger partial charge in [0.15, 0.2) is 0 Å². The van der Waals surface area contributed by atoms with Crippen molar-refractivity contribution in [2.24, 2.45) is 5.92 Å². The van der Waals surface area contributed by atoms with Gasteiger partial charge in [0.1, 0.15) is 0 Å². The quantitative estimate of drug-likeness (QED) is 0.900. The minimum atomic E-state index is -0.0175. The summed E-state index contributed by atoms with van der Waals surface area (Å²) in [5.41, 5.74) is 1.08. The van der Waals surface area contributed by atoms with E-state index in [1.54, 1.807) is 31.4 Å². The van der Waals surface area contributed by atoms with Crippen LogP contribution in [0.25, 0.3) is 0 Å². The predicted molar refractivity (Wildman–Crippen MR) is 93.4 cm³/mol. The molecule has 3 amide bonds. The van der Waals surface area contributed by atoms with Gasteiger partial charge in [-0.05, 0) is 42.9 Å². The van der Waals surface area contributed by atoms with Crippen molar-refractivity contribution in [3.63, 3.8) is 0 Å². The third-order valence-corrected chi connectivity index (χ3v) is 4.68. The minimum absolute atomic E-state index is 0.00791. The summed E-state index contributed by atoms with van der Waals surface area (Å²) in [6.07, 6.45) is 6.69. The molecule has 0 aromatic carbocycles. The number of hydrogen-bond donors (Lipinski definition) is 1. The molecule has 0 aliphatic carbocycles. The Labute approximate surface area is 144 Å². The first kappa shape index (κ1) is 18.2. The number of pyridine rings is 1. The van der Waals surface area contributed by atoms with Gasteiger partial charge in [-0.2, -0.15) is 0 Å². The first-order chi connectivity index (χ1) is 11.5. The van der Waals surface area contributed by atoms with Gasteiger partial charge in [-0.3, -0.25) is 9.78 Å². The first-order valence-corrected chi connectivity index (χ1v) is 8.66. The van der Waals surface area contributed by atoms with Gasteiger partial charge in [-0.1, -0.05) is 6.92 Å². The van der Waals surface area contributed by atoms with Crippen LogP contribution in [-0.2, 0) is 4.79 Å². The Morgan fingerprint density at radius 3 is 2.46 bits per heavy atom. The van der Waals surface area contributed by atoms with Crippen LogP contribution in [0.5, 0.6) is 0 Å². The molecule has 1 aromatic rings. The zero-order valence-electron chi connectivity index (χ0n) is 14.9. The maximum Gasteiger partial charge on any atom is 0.317 e. The molecule has 1 aliphatic rings. The Balaban J connectivity index is 1.83. The highest BCUT2D eigenvalue weighted by atomic mass is 16.2. The van der Waals surface area contributed by atoms with E-state index in [9.17, 15) is 9.59 Å². The number of hydrogen-bond acceptors (Lipinski definition) is 3. The second-order valence-electron chi connectivity index (χ2n) is 6.61. The summed E-state index contributed by atoms with van der Waals surface area (Å²) in [7, 11) is 3.57. The molecule has 1 unspecified atom stereocenters. The largest absolute Gasteiger partial charge is 0.349 e. The molecule has 0 bridgehead atoms. The fourth-order valence-electron chi connectivity index (χ4n) is 3.03. The van der Waals surface area contributed by atoms with Gasteiger partial charge in [-0.25, -0.2) is 4.79 Å². The number of amides is 3. The average molecular weight is 332 g/mol. The average Bonchev–Trinajstić information content (AvgIpc) is 2.60. The number of piperidine rings is 1. The normalized spacial score (nSPS) is 16.5. The van der Waals surface area contributed by atoms with Gasteiger partial charge in [-0.15, -0.1) is 0 Å². The molecule has 0 radical (unpaired) electrons. The summed E-state index contributed by atoms with van der Waals surface area (Å²) in [5.74, 6) is 0.549. The maximum atomic E-state index is 12.5. The maximum absolute atomic E-state index is 12.5. The van der Waals surface area contributed by atoms with E-state index in [2.05, 4.69) is 17.2 Å². The number of likely N-dealkylation sites (tertiary alicyclic amines) is 1. The highest BCUT2D eigenvalue weighted by molar-refractivity contribution is 5.76. The number of nitrogens with zero attached hydrogens (tertiary/aromatic N) is 3. The Kier molecular flexibility index (Phi) is 6.58. The summed E-state index contributed by atoms with van der Waals surface area (Å²) in [5, 5.41) is 3.11. The molecule has 0 saturated carbocycles. The van der Waals surface area contributed by atoms with Crippen LogP contribution in [0, 0.1) is 5.92 Å². The third-order valence-electron chi connectivity index (χ3n) is 4.68. The van der Waals surface area contributed by atoms with E-state index in [0.29, 0.717) is 25.4 Å². The molecular formula is C18H28N4O2. The molecule has 0 spiro atoms. The van der Waals surface area contributed by atoms with E-state index in [0.717, 1.165) is 24.8 Å². The summed E-state index contributed by atoms with van der Waals surface area (Å²) >= 11 is 0. The van der Waals surface area contributed by atoms with Crippen LogP contribution in [0.15, 0.2) is 24.5 Å². The SMILES string of the molecule is CCC(NC(=O)N1CCC(CC(=O)N(C)C)CC1)c1ccncc1. The van der Waals surface area contributed by atoms with Crippen LogP contribution in [0.4, 0.5) is 4.79 Å². The van der Waals surface area contributed by atoms with Crippen LogP contribution in [0.3, 0.4) is 0 Å². The van der Waals surface area contributed by atoms with Crippen LogP contribution in [0.2, 0.25) is 0 Å². The Bertz CT molecular complexity index is 539. The van der Waals surface area contributed by atoms with Gasteiger partial charge >= 0.3 is 6.03 Å². The lowest BCUT2D eigenvalue weighted by atomic mass is 9.93. The fraction of sp³-hybridized carbons (Fsp3) is 0.611. The molecule has 1 saturated heterocycles. The molecule has 6 heteroatoms. The molecule has 1 aliphatic heterocycles. The second-order valence-corrected chi connectivity index (χ2v) is 6.61. The molecule has 132 valence electrons. The Morgan fingerprint density at radius 2 is 1.92 bits per heavy atom. The van der Waals surface area contributed by atoms with Crippen molar-refractivity contribution < 1.29 is 9.59 Å². The van der Waals surface area contributed by atoms with Crippen molar-refractivity contribution in [2.45, 2.75) is 38.6 Å². The molecular weight excluding hydrogens is 304 g/mol. The Morgan fingerprint density at radius 1 is 1.29 bits per heavy atom. The standard InChI is InChI=1S/C18H28N4O2/c1-4-16(15-5-9-19-10-6-15)20-18(24)22-11-7-14(8-12-22)13-17(23)21(2)3/h5-6,9-10,14,16H,4,7-8,11-13H2,1-3H3,(H,20,24). The molecule has 1 aromatic heterocycles. The summed E-state index contributed by atoms with van der Waals surface area (Å²) < 4.78 is 0. The summed E-state index contributed by atoms with van der Waals surface area (Å²) in [6, 6.07) is 3.87. The second kappa shape index (κ2) is 8.66. The van der Waals surface area contributed by atoms with Crippen LogP contribution < -0.4 is 5.32 Å². The van der Waals surface area contributed by atoms with Crippen molar-refractivity contribution in [1.29, 1.82) is 0 Å². The van der Waals surface area contributed by atoms with Crippen molar-refractivity contribution in [2.75, 3.05) is 27.2 Å². The van der Waals surface area contributed by atoms with Gasteiger partial charge in [0.25, 0.3) is 0 Å². The molecule has 6 nitrogen and oxygen atoms in total. The zero-order valence-corrected chi connectivity index (χ0v) is 14.9. The van der Waals surface area contributed by atoms with Crippen LogP contribution >= 0.6 is 0 Å². The number of carbonyl (C=O) groups excluding carboxylic acids is 2. The number of carbonyl (C=O) groups is 2. The minimum Gasteiger partial charge on any atom is -0.349 e. The molecule has 1 atom stereocenters. The summed E-state index contributed by atoms with van der Waals surface area (Å²) in [4.78, 5) is 31.8. The number of aromatic nitrogens is 1. The van der Waals surface area contributed by atoms with Crippen molar-refractivity contribution >= 4 is 11.9 Å². The topological polar surface area (TPSA) is 65.5 Å². The predicted octanol–water partition coefficient (Wildman–Crippen LogP) is 2.43. The molecule has 2 rings (SSSR count). The van der Waals surface area contributed by atoms with E-state index >= 15 is 0 Å².